The van der Waals surface area contributed by atoms with Gasteiger partial charge in [0.25, 0.3) is 5.91 Å². The highest BCUT2D eigenvalue weighted by Crippen LogP contribution is 2.36. The van der Waals surface area contributed by atoms with Gasteiger partial charge in [-0.15, -0.1) is 11.3 Å². The first-order valence-electron chi connectivity index (χ1n) is 8.46. The molecular weight excluding hydrogens is 405 g/mol. The van der Waals surface area contributed by atoms with Gasteiger partial charge >= 0.3 is 5.97 Å². The Morgan fingerprint density at radius 1 is 1.11 bits per heavy atom. The van der Waals surface area contributed by atoms with Crippen molar-refractivity contribution in [3.63, 3.8) is 0 Å². The van der Waals surface area contributed by atoms with E-state index in [2.05, 4.69) is 5.32 Å². The number of amides is 1. The third-order valence-electron chi connectivity index (χ3n) is 3.94. The summed E-state index contributed by atoms with van der Waals surface area (Å²) in [5, 5.41) is 4.68. The first kappa shape index (κ1) is 19.7. The minimum Gasteiger partial charge on any atom is -0.462 e. The summed E-state index contributed by atoms with van der Waals surface area (Å²) in [7, 11) is 0. The van der Waals surface area contributed by atoms with Crippen molar-refractivity contribution in [1.82, 2.24) is 0 Å². The number of benzene rings is 2. The number of thiophene rings is 1. The number of esters is 1. The zero-order valence-corrected chi connectivity index (χ0v) is 16.9. The monoisotopic (exact) mass is 421 g/mol. The van der Waals surface area contributed by atoms with Crippen molar-refractivity contribution in [2.45, 2.75) is 19.8 Å². The van der Waals surface area contributed by atoms with Crippen LogP contribution >= 0.6 is 34.5 Å². The lowest BCUT2D eigenvalue weighted by atomic mass is 10.1. The van der Waals surface area contributed by atoms with E-state index in [1.54, 1.807) is 12.1 Å². The number of hydrogen-bond donors (Lipinski definition) is 1. The van der Waals surface area contributed by atoms with Gasteiger partial charge in [0.05, 0.1) is 16.7 Å². The number of nitrogens with one attached hydrogen (secondary N) is 1. The molecule has 1 N–H and O–H groups in total. The van der Waals surface area contributed by atoms with E-state index in [9.17, 15) is 9.59 Å². The number of fused-ring (bicyclic) bond motifs is 1. The van der Waals surface area contributed by atoms with E-state index < -0.39 is 5.97 Å². The molecule has 0 bridgehead atoms. The number of carbonyl (C=O) groups is 2. The van der Waals surface area contributed by atoms with E-state index in [4.69, 9.17) is 27.9 Å². The molecule has 0 aliphatic heterocycles. The number of ether oxygens (including phenoxy) is 1. The molecule has 0 unspecified atom stereocenters. The van der Waals surface area contributed by atoms with Gasteiger partial charge in [-0.1, -0.05) is 54.7 Å². The van der Waals surface area contributed by atoms with E-state index in [-0.39, 0.29) is 5.91 Å². The molecule has 1 heterocycles. The lowest BCUT2D eigenvalue weighted by Gasteiger charge is -2.08. The van der Waals surface area contributed by atoms with Crippen molar-refractivity contribution in [3.05, 3.63) is 63.6 Å². The summed E-state index contributed by atoms with van der Waals surface area (Å²) in [6.45, 7) is 2.37. The lowest BCUT2D eigenvalue weighted by molar-refractivity contribution is 0.0503. The molecule has 0 atom stereocenters. The molecular formula is C20H17Cl2NO3S. The minimum atomic E-state index is -0.440. The van der Waals surface area contributed by atoms with Crippen LogP contribution in [0, 0.1) is 0 Å². The van der Waals surface area contributed by atoms with Crippen molar-refractivity contribution < 1.29 is 14.3 Å². The van der Waals surface area contributed by atoms with Crippen LogP contribution in [-0.2, 0) is 4.74 Å². The first-order chi connectivity index (χ1) is 13.0. The van der Waals surface area contributed by atoms with Crippen molar-refractivity contribution in [2.75, 3.05) is 11.9 Å². The summed E-state index contributed by atoms with van der Waals surface area (Å²) in [5.74, 6) is -0.812. The Hall–Kier alpha value is -2.08. The minimum absolute atomic E-state index is 0.292. The molecule has 1 aromatic heterocycles. The van der Waals surface area contributed by atoms with E-state index in [0.717, 1.165) is 22.9 Å². The summed E-state index contributed by atoms with van der Waals surface area (Å²) in [6.07, 6.45) is 1.72. The normalized spacial score (nSPS) is 10.8. The number of rotatable bonds is 6. The van der Waals surface area contributed by atoms with Crippen LogP contribution in [0.5, 0.6) is 0 Å². The summed E-state index contributed by atoms with van der Waals surface area (Å²) < 4.78 is 6.27. The molecule has 140 valence electrons. The van der Waals surface area contributed by atoms with Crippen molar-refractivity contribution in [1.29, 1.82) is 0 Å². The number of carbonyl (C=O) groups excluding carboxylic acids is 2. The smallest absolute Gasteiger partial charge is 0.341 e. The average molecular weight is 422 g/mol. The molecule has 2 aromatic carbocycles. The molecule has 1 amide bonds. The highest BCUT2D eigenvalue weighted by molar-refractivity contribution is 7.23. The van der Waals surface area contributed by atoms with Gasteiger partial charge in [0.2, 0.25) is 0 Å². The van der Waals surface area contributed by atoms with Crippen LogP contribution in [0.4, 0.5) is 5.00 Å². The van der Waals surface area contributed by atoms with Gasteiger partial charge in [-0.25, -0.2) is 4.79 Å². The van der Waals surface area contributed by atoms with E-state index in [1.807, 2.05) is 31.2 Å². The van der Waals surface area contributed by atoms with Crippen molar-refractivity contribution >= 4 is 61.5 Å². The van der Waals surface area contributed by atoms with Gasteiger partial charge in [0.1, 0.15) is 10.6 Å². The topological polar surface area (TPSA) is 55.4 Å². The SMILES string of the molecule is CCCCOC(=O)c1c(NC(=O)c2ccc(Cl)c(Cl)c2)sc2ccccc12. The summed E-state index contributed by atoms with van der Waals surface area (Å²) in [4.78, 5) is 25.3. The Morgan fingerprint density at radius 2 is 1.89 bits per heavy atom. The summed E-state index contributed by atoms with van der Waals surface area (Å²) in [6, 6.07) is 12.1. The molecule has 3 aromatic rings. The van der Waals surface area contributed by atoms with Gasteiger partial charge < -0.3 is 10.1 Å². The lowest BCUT2D eigenvalue weighted by Crippen LogP contribution is -2.14. The molecule has 0 saturated heterocycles. The number of halogens is 2. The standard InChI is InChI=1S/C20H17Cl2NO3S/c1-2-3-10-26-20(25)17-13-6-4-5-7-16(13)27-19(17)23-18(24)12-8-9-14(21)15(22)11-12/h4-9,11H,2-3,10H2,1H3,(H,23,24). The van der Waals surface area contributed by atoms with Crippen LogP contribution < -0.4 is 5.32 Å². The van der Waals surface area contributed by atoms with Crippen LogP contribution in [0.1, 0.15) is 40.5 Å². The molecule has 0 aliphatic rings. The number of anilines is 1. The van der Waals surface area contributed by atoms with E-state index in [1.165, 1.54) is 17.4 Å². The van der Waals surface area contributed by atoms with Gasteiger partial charge in [-0.3, -0.25) is 4.79 Å². The molecule has 27 heavy (non-hydrogen) atoms. The van der Waals surface area contributed by atoms with Crippen LogP contribution in [0.25, 0.3) is 10.1 Å². The van der Waals surface area contributed by atoms with Gasteiger partial charge in [0.15, 0.2) is 0 Å². The maximum absolute atomic E-state index is 12.6. The Kier molecular flexibility index (Phi) is 6.37. The number of hydrogen-bond acceptors (Lipinski definition) is 4. The van der Waals surface area contributed by atoms with Crippen LogP contribution in [0.15, 0.2) is 42.5 Å². The predicted molar refractivity (Wildman–Crippen MR) is 111 cm³/mol. The molecule has 7 heteroatoms. The van der Waals surface area contributed by atoms with Gasteiger partial charge in [0, 0.05) is 15.6 Å². The van der Waals surface area contributed by atoms with Gasteiger partial charge in [-0.2, -0.15) is 0 Å². The molecule has 3 rings (SSSR count). The fourth-order valence-corrected chi connectivity index (χ4v) is 3.91. The number of unbranched alkanes of at least 4 members (excludes halogenated alkanes) is 1. The van der Waals surface area contributed by atoms with Crippen LogP contribution in [-0.4, -0.2) is 18.5 Å². The van der Waals surface area contributed by atoms with Crippen LogP contribution in [0.2, 0.25) is 10.0 Å². The summed E-state index contributed by atoms with van der Waals surface area (Å²) >= 11 is 13.2. The second-order valence-electron chi connectivity index (χ2n) is 5.87. The third kappa shape index (κ3) is 4.43. The fraction of sp³-hybridized carbons (Fsp3) is 0.200. The van der Waals surface area contributed by atoms with Crippen molar-refractivity contribution in [3.8, 4) is 0 Å². The predicted octanol–water partition coefficient (Wildman–Crippen LogP) is 6.42. The Balaban J connectivity index is 1.93. The second kappa shape index (κ2) is 8.74. The van der Waals surface area contributed by atoms with E-state index >= 15 is 0 Å². The zero-order valence-electron chi connectivity index (χ0n) is 14.6. The highest BCUT2D eigenvalue weighted by Gasteiger charge is 2.22. The quantitative estimate of drug-likeness (QED) is 0.369. The first-order valence-corrected chi connectivity index (χ1v) is 10.0. The fourth-order valence-electron chi connectivity index (χ4n) is 2.53. The maximum atomic E-state index is 12.6. The highest BCUT2D eigenvalue weighted by atomic mass is 35.5. The molecule has 0 saturated carbocycles. The maximum Gasteiger partial charge on any atom is 0.341 e. The Bertz CT molecular complexity index is 1000. The van der Waals surface area contributed by atoms with Gasteiger partial charge in [-0.05, 0) is 30.7 Å². The summed E-state index contributed by atoms with van der Waals surface area (Å²) in [5.41, 5.74) is 0.729. The Labute approximate surface area is 171 Å². The molecule has 4 nitrogen and oxygen atoms in total. The molecule has 0 aliphatic carbocycles. The Morgan fingerprint density at radius 3 is 2.63 bits per heavy atom. The van der Waals surface area contributed by atoms with E-state index in [0.29, 0.717) is 32.8 Å². The zero-order chi connectivity index (χ0) is 19.4. The average Bonchev–Trinajstić information content (AvgIpc) is 3.01. The molecule has 0 fully saturated rings. The third-order valence-corrected chi connectivity index (χ3v) is 5.76. The second-order valence-corrected chi connectivity index (χ2v) is 7.74. The van der Waals surface area contributed by atoms with Crippen molar-refractivity contribution in [2.24, 2.45) is 0 Å². The molecule has 0 spiro atoms. The molecule has 0 radical (unpaired) electrons. The largest absolute Gasteiger partial charge is 0.462 e. The van der Waals surface area contributed by atoms with Crippen LogP contribution in [0.3, 0.4) is 0 Å².